The Balaban J connectivity index is 1.79. The highest BCUT2D eigenvalue weighted by molar-refractivity contribution is 9.10. The summed E-state index contributed by atoms with van der Waals surface area (Å²) in [5.74, 6) is 1.69. The van der Waals surface area contributed by atoms with Gasteiger partial charge in [0.25, 0.3) is 0 Å². The van der Waals surface area contributed by atoms with Gasteiger partial charge in [0.1, 0.15) is 10.4 Å². The maximum atomic E-state index is 6.48. The molecule has 0 atom stereocenters. The first kappa shape index (κ1) is 21.9. The number of imidazole rings is 1. The molecule has 160 valence electrons. The van der Waals surface area contributed by atoms with Crippen LogP contribution < -0.4 is 0 Å². The molecular formula is C22H22BrClN6S. The van der Waals surface area contributed by atoms with E-state index in [4.69, 9.17) is 16.6 Å². The van der Waals surface area contributed by atoms with E-state index < -0.39 is 0 Å². The van der Waals surface area contributed by atoms with Crippen LogP contribution in [0.2, 0.25) is 5.02 Å². The lowest BCUT2D eigenvalue weighted by Crippen LogP contribution is -2.08. The summed E-state index contributed by atoms with van der Waals surface area (Å²) in [7, 11) is 0. The van der Waals surface area contributed by atoms with Gasteiger partial charge in [0.2, 0.25) is 0 Å². The van der Waals surface area contributed by atoms with Crippen LogP contribution in [0.3, 0.4) is 0 Å². The molecule has 0 amide bonds. The van der Waals surface area contributed by atoms with Crippen molar-refractivity contribution in [1.82, 2.24) is 30.2 Å². The van der Waals surface area contributed by atoms with Crippen molar-refractivity contribution >= 4 is 50.5 Å². The molecule has 0 aliphatic heterocycles. The standard InChI is InChI=1S/C22H22BrClN6S/c1-2-3-10-20-25-21(23)19(30(20)14-15-7-4-5-9-18(15)24)13-16(22-26-28-29-27-22)12-17-8-6-11-31-17/h4-9,11,13H,2-3,10,12,14H2,1H3,(H,26,27,28,29). The number of rotatable bonds is 9. The normalized spacial score (nSPS) is 11.9. The van der Waals surface area contributed by atoms with Crippen LogP contribution in [0.4, 0.5) is 0 Å². The van der Waals surface area contributed by atoms with Crippen LogP contribution >= 0.6 is 38.9 Å². The smallest absolute Gasteiger partial charge is 0.175 e. The number of aromatic nitrogens is 6. The fraction of sp³-hybridized carbons (Fsp3) is 0.273. The summed E-state index contributed by atoms with van der Waals surface area (Å²) in [5, 5.41) is 17.4. The first-order valence-electron chi connectivity index (χ1n) is 10.1. The maximum Gasteiger partial charge on any atom is 0.175 e. The molecule has 0 unspecified atom stereocenters. The van der Waals surface area contributed by atoms with Crippen molar-refractivity contribution in [3.05, 3.63) is 79.2 Å². The highest BCUT2D eigenvalue weighted by Gasteiger charge is 2.18. The molecule has 0 fully saturated rings. The number of allylic oxidation sites excluding steroid dienone is 1. The maximum absolute atomic E-state index is 6.48. The van der Waals surface area contributed by atoms with Crippen LogP contribution in [0.15, 0.2) is 46.4 Å². The summed E-state index contributed by atoms with van der Waals surface area (Å²) in [4.78, 5) is 6.08. The van der Waals surface area contributed by atoms with Gasteiger partial charge in [-0.15, -0.1) is 16.4 Å². The molecule has 9 heteroatoms. The molecule has 0 spiro atoms. The first-order valence-corrected chi connectivity index (χ1v) is 12.2. The van der Waals surface area contributed by atoms with Gasteiger partial charge in [0.15, 0.2) is 5.82 Å². The van der Waals surface area contributed by atoms with Gasteiger partial charge in [-0.05, 0) is 61.9 Å². The molecule has 1 aromatic carbocycles. The largest absolute Gasteiger partial charge is 0.323 e. The predicted octanol–water partition coefficient (Wildman–Crippen LogP) is 6.05. The predicted molar refractivity (Wildman–Crippen MR) is 129 cm³/mol. The van der Waals surface area contributed by atoms with Crippen LogP contribution in [0.1, 0.15) is 47.5 Å². The van der Waals surface area contributed by atoms with Crippen molar-refractivity contribution < 1.29 is 0 Å². The molecule has 0 aliphatic carbocycles. The van der Waals surface area contributed by atoms with Crippen molar-refractivity contribution in [2.24, 2.45) is 0 Å². The Morgan fingerprint density at radius 3 is 2.84 bits per heavy atom. The van der Waals surface area contributed by atoms with E-state index in [0.29, 0.717) is 12.4 Å². The number of benzene rings is 1. The van der Waals surface area contributed by atoms with Crippen molar-refractivity contribution in [3.8, 4) is 0 Å². The Hall–Kier alpha value is -2.29. The third-order valence-corrected chi connectivity index (χ3v) is 6.82. The summed E-state index contributed by atoms with van der Waals surface area (Å²) in [6.07, 6.45) is 5.92. The summed E-state index contributed by atoms with van der Waals surface area (Å²) in [6.45, 7) is 2.83. The third kappa shape index (κ3) is 5.31. The van der Waals surface area contributed by atoms with E-state index in [1.165, 1.54) is 4.88 Å². The number of nitrogens with one attached hydrogen (secondary N) is 1. The number of H-pyrrole nitrogens is 1. The number of unbranched alkanes of at least 4 members (excludes halogenated alkanes) is 1. The molecular weight excluding hydrogens is 496 g/mol. The molecule has 0 bridgehead atoms. The van der Waals surface area contributed by atoms with Crippen molar-refractivity contribution in [2.45, 2.75) is 39.2 Å². The Bertz CT molecular complexity index is 1150. The van der Waals surface area contributed by atoms with Crippen molar-refractivity contribution in [3.63, 3.8) is 0 Å². The van der Waals surface area contributed by atoms with Crippen LogP contribution in [0.5, 0.6) is 0 Å². The number of aryl methyl sites for hydroxylation is 1. The molecule has 1 N–H and O–H groups in total. The highest BCUT2D eigenvalue weighted by atomic mass is 79.9. The molecule has 0 saturated carbocycles. The molecule has 3 aromatic heterocycles. The van der Waals surface area contributed by atoms with Crippen LogP contribution in [0, 0.1) is 0 Å². The lowest BCUT2D eigenvalue weighted by molar-refractivity contribution is 0.675. The lowest BCUT2D eigenvalue weighted by atomic mass is 10.1. The SMILES string of the molecule is CCCCc1nc(Br)c(C=C(Cc2cccs2)c2nnn[nH]2)n1Cc1ccccc1Cl. The topological polar surface area (TPSA) is 72.3 Å². The fourth-order valence-electron chi connectivity index (χ4n) is 3.38. The highest BCUT2D eigenvalue weighted by Crippen LogP contribution is 2.29. The fourth-order valence-corrected chi connectivity index (χ4v) is 4.84. The Labute approximate surface area is 198 Å². The number of nitrogens with zero attached hydrogens (tertiary/aromatic N) is 5. The Kier molecular flexibility index (Phi) is 7.32. The van der Waals surface area contributed by atoms with E-state index in [-0.39, 0.29) is 0 Å². The van der Waals surface area contributed by atoms with Crippen LogP contribution in [0.25, 0.3) is 11.6 Å². The number of tetrazole rings is 1. The molecule has 3 heterocycles. The number of halogens is 2. The average molecular weight is 518 g/mol. The molecule has 0 radical (unpaired) electrons. The van der Waals surface area contributed by atoms with Gasteiger partial charge in [-0.25, -0.2) is 10.1 Å². The van der Waals surface area contributed by atoms with Crippen molar-refractivity contribution in [2.75, 3.05) is 0 Å². The van der Waals surface area contributed by atoms with E-state index in [9.17, 15) is 0 Å². The molecule has 6 nitrogen and oxygen atoms in total. The zero-order chi connectivity index (χ0) is 21.6. The second-order valence-corrected chi connectivity index (χ2v) is 9.35. The molecule has 0 aliphatic rings. The first-order chi connectivity index (χ1) is 15.2. The molecule has 4 rings (SSSR count). The summed E-state index contributed by atoms with van der Waals surface area (Å²) in [5.41, 5.74) is 3.03. The Morgan fingerprint density at radius 2 is 2.13 bits per heavy atom. The van der Waals surface area contributed by atoms with E-state index >= 15 is 0 Å². The minimum absolute atomic E-state index is 0.643. The van der Waals surface area contributed by atoms with Gasteiger partial charge in [-0.3, -0.25) is 0 Å². The van der Waals surface area contributed by atoms with E-state index in [0.717, 1.165) is 58.0 Å². The minimum Gasteiger partial charge on any atom is -0.323 e. The van der Waals surface area contributed by atoms with Crippen LogP contribution in [-0.2, 0) is 19.4 Å². The van der Waals surface area contributed by atoms with Gasteiger partial charge in [0.05, 0.1) is 12.2 Å². The molecule has 0 saturated heterocycles. The molecule has 31 heavy (non-hydrogen) atoms. The van der Waals surface area contributed by atoms with Gasteiger partial charge in [-0.2, -0.15) is 0 Å². The van der Waals surface area contributed by atoms with Crippen molar-refractivity contribution in [1.29, 1.82) is 0 Å². The zero-order valence-electron chi connectivity index (χ0n) is 17.1. The van der Waals surface area contributed by atoms with Crippen LogP contribution in [-0.4, -0.2) is 30.2 Å². The van der Waals surface area contributed by atoms with Gasteiger partial charge in [-0.1, -0.05) is 49.2 Å². The summed E-state index contributed by atoms with van der Waals surface area (Å²) < 4.78 is 3.04. The lowest BCUT2D eigenvalue weighted by Gasteiger charge is -2.13. The second kappa shape index (κ2) is 10.3. The van der Waals surface area contributed by atoms with E-state index in [1.54, 1.807) is 11.3 Å². The number of aromatic amines is 1. The van der Waals surface area contributed by atoms with Gasteiger partial charge < -0.3 is 4.57 Å². The summed E-state index contributed by atoms with van der Waals surface area (Å²) >= 11 is 11.9. The van der Waals surface area contributed by atoms with Gasteiger partial charge in [0, 0.05) is 28.3 Å². The van der Waals surface area contributed by atoms with E-state index in [1.807, 2.05) is 18.2 Å². The number of thiophene rings is 1. The van der Waals surface area contributed by atoms with Gasteiger partial charge >= 0.3 is 0 Å². The second-order valence-electron chi connectivity index (χ2n) is 7.16. The minimum atomic E-state index is 0.643. The molecule has 4 aromatic rings. The average Bonchev–Trinajstić information content (AvgIpc) is 3.52. The number of hydrogen-bond donors (Lipinski definition) is 1. The van der Waals surface area contributed by atoms with E-state index in [2.05, 4.69) is 77.7 Å². The zero-order valence-corrected chi connectivity index (χ0v) is 20.2. The monoisotopic (exact) mass is 516 g/mol. The Morgan fingerprint density at radius 1 is 1.26 bits per heavy atom. The number of hydrogen-bond acceptors (Lipinski definition) is 5. The third-order valence-electron chi connectivity index (χ3n) is 4.99. The summed E-state index contributed by atoms with van der Waals surface area (Å²) in [6, 6.07) is 12.1. The quantitative estimate of drug-likeness (QED) is 0.293.